The number of hydrogen-bond acceptors (Lipinski definition) is 2. The van der Waals surface area contributed by atoms with Crippen molar-refractivity contribution in [3.63, 3.8) is 0 Å². The molecule has 0 heterocycles. The Morgan fingerprint density at radius 1 is 1.17 bits per heavy atom. The Bertz CT molecular complexity index is 557. The molecule has 128 valence electrons. The van der Waals surface area contributed by atoms with Gasteiger partial charge >= 0.3 is 0 Å². The third kappa shape index (κ3) is 4.31. The third-order valence-electron chi connectivity index (χ3n) is 5.27. The normalized spacial score (nSPS) is 21.5. The first kappa shape index (κ1) is 17.9. The molecule has 2 rings (SSSR count). The standard InChI is InChI=1S/C21H32O2/c1-5-6-7-8-16-12-17(22)13-20(23)21(16)19-11-15(4)9-10-18(19)14(2)3/h11-14,18-19,22-23H,5-10H2,1-4H3. The Morgan fingerprint density at radius 3 is 2.57 bits per heavy atom. The van der Waals surface area contributed by atoms with E-state index in [0.717, 1.165) is 30.4 Å². The summed E-state index contributed by atoms with van der Waals surface area (Å²) in [6, 6.07) is 3.37. The molecular formula is C21H32O2. The van der Waals surface area contributed by atoms with E-state index in [2.05, 4.69) is 33.8 Å². The molecule has 0 bridgehead atoms. The first-order valence-corrected chi connectivity index (χ1v) is 9.16. The Hall–Kier alpha value is -1.44. The average molecular weight is 316 g/mol. The molecule has 1 aliphatic rings. The van der Waals surface area contributed by atoms with E-state index < -0.39 is 0 Å². The zero-order chi connectivity index (χ0) is 17.0. The van der Waals surface area contributed by atoms with Crippen molar-refractivity contribution >= 4 is 0 Å². The fourth-order valence-corrected chi connectivity index (χ4v) is 3.97. The van der Waals surface area contributed by atoms with Gasteiger partial charge in [-0.1, -0.05) is 45.3 Å². The molecule has 1 aliphatic carbocycles. The number of phenolic OH excluding ortho intramolecular Hbond substituents is 2. The van der Waals surface area contributed by atoms with Gasteiger partial charge in [-0.05, 0) is 56.1 Å². The van der Waals surface area contributed by atoms with Crippen LogP contribution < -0.4 is 0 Å². The fourth-order valence-electron chi connectivity index (χ4n) is 3.97. The van der Waals surface area contributed by atoms with Gasteiger partial charge in [0.25, 0.3) is 0 Å². The van der Waals surface area contributed by atoms with Crippen molar-refractivity contribution in [2.45, 2.75) is 72.1 Å². The molecule has 2 N–H and O–H groups in total. The lowest BCUT2D eigenvalue weighted by Crippen LogP contribution is -2.22. The predicted octanol–water partition coefficient (Wildman–Crippen LogP) is 5.93. The van der Waals surface area contributed by atoms with Gasteiger partial charge in [-0.2, -0.15) is 0 Å². The van der Waals surface area contributed by atoms with Crippen molar-refractivity contribution in [3.8, 4) is 11.5 Å². The first-order chi connectivity index (χ1) is 10.9. The van der Waals surface area contributed by atoms with Crippen LogP contribution >= 0.6 is 0 Å². The van der Waals surface area contributed by atoms with Gasteiger partial charge < -0.3 is 10.2 Å². The van der Waals surface area contributed by atoms with Crippen LogP contribution in [0.5, 0.6) is 11.5 Å². The second kappa shape index (κ2) is 7.90. The highest BCUT2D eigenvalue weighted by Crippen LogP contribution is 2.45. The molecule has 2 nitrogen and oxygen atoms in total. The van der Waals surface area contributed by atoms with Crippen molar-refractivity contribution in [1.82, 2.24) is 0 Å². The second-order valence-corrected chi connectivity index (χ2v) is 7.48. The minimum absolute atomic E-state index is 0.176. The van der Waals surface area contributed by atoms with E-state index in [1.165, 1.54) is 30.9 Å². The quantitative estimate of drug-likeness (QED) is 0.504. The average Bonchev–Trinajstić information content (AvgIpc) is 2.46. The maximum Gasteiger partial charge on any atom is 0.123 e. The highest BCUT2D eigenvalue weighted by Gasteiger charge is 2.31. The molecular weight excluding hydrogens is 284 g/mol. The van der Waals surface area contributed by atoms with E-state index in [-0.39, 0.29) is 17.4 Å². The molecule has 1 aromatic carbocycles. The third-order valence-corrected chi connectivity index (χ3v) is 5.27. The lowest BCUT2D eigenvalue weighted by Gasteiger charge is -2.34. The van der Waals surface area contributed by atoms with Gasteiger partial charge in [0.1, 0.15) is 11.5 Å². The molecule has 0 amide bonds. The fraction of sp³-hybridized carbons (Fsp3) is 0.619. The molecule has 2 atom stereocenters. The van der Waals surface area contributed by atoms with Gasteiger partial charge in [0, 0.05) is 17.5 Å². The van der Waals surface area contributed by atoms with Crippen LogP contribution in [0.4, 0.5) is 0 Å². The predicted molar refractivity (Wildman–Crippen MR) is 97.1 cm³/mol. The van der Waals surface area contributed by atoms with Crippen molar-refractivity contribution in [1.29, 1.82) is 0 Å². The van der Waals surface area contributed by atoms with Crippen LogP contribution in [0.2, 0.25) is 0 Å². The molecule has 0 fully saturated rings. The van der Waals surface area contributed by atoms with Crippen molar-refractivity contribution < 1.29 is 10.2 Å². The molecule has 0 aromatic heterocycles. The van der Waals surface area contributed by atoms with Gasteiger partial charge in [-0.15, -0.1) is 0 Å². The lowest BCUT2D eigenvalue weighted by molar-refractivity contribution is 0.308. The summed E-state index contributed by atoms with van der Waals surface area (Å²) in [7, 11) is 0. The summed E-state index contributed by atoms with van der Waals surface area (Å²) in [5.41, 5.74) is 3.59. The summed E-state index contributed by atoms with van der Waals surface area (Å²) in [6.45, 7) is 8.95. The SMILES string of the molecule is CCCCCc1cc(O)cc(O)c1C1C=C(C)CCC1C(C)C. The monoisotopic (exact) mass is 316 g/mol. The molecule has 2 heteroatoms. The molecule has 0 saturated heterocycles. The molecule has 1 aromatic rings. The van der Waals surface area contributed by atoms with Gasteiger partial charge in [-0.25, -0.2) is 0 Å². The van der Waals surface area contributed by atoms with Crippen LogP contribution in [0.1, 0.15) is 76.8 Å². The number of phenols is 2. The summed E-state index contributed by atoms with van der Waals surface area (Å²) in [6.07, 6.45) is 9.08. The van der Waals surface area contributed by atoms with Crippen LogP contribution in [-0.4, -0.2) is 10.2 Å². The minimum Gasteiger partial charge on any atom is -0.508 e. The number of rotatable bonds is 6. The van der Waals surface area contributed by atoms with Crippen molar-refractivity contribution in [2.75, 3.05) is 0 Å². The largest absolute Gasteiger partial charge is 0.508 e. The van der Waals surface area contributed by atoms with Crippen LogP contribution in [-0.2, 0) is 6.42 Å². The van der Waals surface area contributed by atoms with E-state index in [4.69, 9.17) is 0 Å². The van der Waals surface area contributed by atoms with Crippen LogP contribution in [0.15, 0.2) is 23.8 Å². The van der Waals surface area contributed by atoms with E-state index >= 15 is 0 Å². The smallest absolute Gasteiger partial charge is 0.123 e. The summed E-state index contributed by atoms with van der Waals surface area (Å²) >= 11 is 0. The number of aromatic hydroxyl groups is 2. The molecule has 0 spiro atoms. The molecule has 23 heavy (non-hydrogen) atoms. The van der Waals surface area contributed by atoms with Gasteiger partial charge in [0.2, 0.25) is 0 Å². The maximum absolute atomic E-state index is 10.6. The Morgan fingerprint density at radius 2 is 1.91 bits per heavy atom. The summed E-state index contributed by atoms with van der Waals surface area (Å²) in [4.78, 5) is 0. The molecule has 0 saturated carbocycles. The highest BCUT2D eigenvalue weighted by atomic mass is 16.3. The molecule has 0 radical (unpaired) electrons. The van der Waals surface area contributed by atoms with Crippen LogP contribution in [0, 0.1) is 11.8 Å². The van der Waals surface area contributed by atoms with Crippen molar-refractivity contribution in [2.24, 2.45) is 11.8 Å². The van der Waals surface area contributed by atoms with E-state index in [1.807, 2.05) is 6.07 Å². The summed E-state index contributed by atoms with van der Waals surface area (Å²) in [5.74, 6) is 1.84. The highest BCUT2D eigenvalue weighted by molar-refractivity contribution is 5.49. The van der Waals surface area contributed by atoms with E-state index in [9.17, 15) is 10.2 Å². The first-order valence-electron chi connectivity index (χ1n) is 9.16. The Kier molecular flexibility index (Phi) is 6.15. The Labute approximate surface area is 141 Å². The molecule has 2 unspecified atom stereocenters. The van der Waals surface area contributed by atoms with Crippen molar-refractivity contribution in [3.05, 3.63) is 34.9 Å². The summed E-state index contributed by atoms with van der Waals surface area (Å²) < 4.78 is 0. The summed E-state index contributed by atoms with van der Waals surface area (Å²) in [5, 5.41) is 20.5. The maximum atomic E-state index is 10.6. The number of benzene rings is 1. The Balaban J connectivity index is 2.44. The van der Waals surface area contributed by atoms with Gasteiger partial charge in [-0.3, -0.25) is 0 Å². The minimum atomic E-state index is 0.176. The van der Waals surface area contributed by atoms with E-state index in [1.54, 1.807) is 0 Å². The number of hydrogen-bond donors (Lipinski definition) is 2. The topological polar surface area (TPSA) is 40.5 Å². The number of allylic oxidation sites excluding steroid dienone is 2. The van der Waals surface area contributed by atoms with Gasteiger partial charge in [0.15, 0.2) is 0 Å². The van der Waals surface area contributed by atoms with Crippen LogP contribution in [0.3, 0.4) is 0 Å². The van der Waals surface area contributed by atoms with Gasteiger partial charge in [0.05, 0.1) is 0 Å². The van der Waals surface area contributed by atoms with E-state index in [0.29, 0.717) is 11.8 Å². The lowest BCUT2D eigenvalue weighted by atomic mass is 9.70. The van der Waals surface area contributed by atoms with Crippen LogP contribution in [0.25, 0.3) is 0 Å². The zero-order valence-electron chi connectivity index (χ0n) is 15.1. The zero-order valence-corrected chi connectivity index (χ0v) is 15.1. The molecule has 0 aliphatic heterocycles. The number of unbranched alkanes of at least 4 members (excludes halogenated alkanes) is 2. The number of aryl methyl sites for hydroxylation is 1. The second-order valence-electron chi connectivity index (χ2n) is 7.48.